The van der Waals surface area contributed by atoms with Gasteiger partial charge in [-0.25, -0.2) is 0 Å². The van der Waals surface area contributed by atoms with E-state index in [0.717, 1.165) is 38.5 Å². The lowest BCUT2D eigenvalue weighted by Gasteiger charge is -2.32. The van der Waals surface area contributed by atoms with Crippen molar-refractivity contribution in [2.75, 3.05) is 40.3 Å². The molecule has 2 aromatic carbocycles. The summed E-state index contributed by atoms with van der Waals surface area (Å²) in [5.41, 5.74) is 1.39. The first-order valence-corrected chi connectivity index (χ1v) is 7.23. The lowest BCUT2D eigenvalue weighted by atomic mass is 10.0. The predicted octanol–water partition coefficient (Wildman–Crippen LogP) is 2.60. The predicted molar refractivity (Wildman–Crippen MR) is 83.3 cm³/mol. The molecule has 0 atom stereocenters. The summed E-state index contributed by atoms with van der Waals surface area (Å²) in [7, 11) is 3.93. The van der Waals surface area contributed by atoms with Crippen molar-refractivity contribution < 1.29 is 4.74 Å². The smallest absolute Gasteiger partial charge is 0.126 e. The zero-order valence-electron chi connectivity index (χ0n) is 12.3. The summed E-state index contributed by atoms with van der Waals surface area (Å²) in [5.74, 6) is 0.961. The molecule has 0 aliphatic carbocycles. The van der Waals surface area contributed by atoms with Crippen molar-refractivity contribution in [1.29, 1.82) is 0 Å². The van der Waals surface area contributed by atoms with Crippen molar-refractivity contribution in [3.05, 3.63) is 42.0 Å². The Kier molecular flexibility index (Phi) is 3.90. The SMILES string of the molecule is COc1ccc(CN2CCN(C)CC2)c2ccccc12. The van der Waals surface area contributed by atoms with Crippen LogP contribution in [-0.2, 0) is 6.54 Å². The van der Waals surface area contributed by atoms with Crippen LogP contribution in [0.3, 0.4) is 0 Å². The third kappa shape index (κ3) is 2.65. The molecular weight excluding hydrogens is 248 g/mol. The van der Waals surface area contributed by atoms with Gasteiger partial charge >= 0.3 is 0 Å². The highest BCUT2D eigenvalue weighted by molar-refractivity contribution is 5.91. The number of rotatable bonds is 3. The van der Waals surface area contributed by atoms with Crippen molar-refractivity contribution in [2.45, 2.75) is 6.54 Å². The molecule has 0 aromatic heterocycles. The van der Waals surface area contributed by atoms with Crippen LogP contribution in [0.2, 0.25) is 0 Å². The van der Waals surface area contributed by atoms with Gasteiger partial charge in [-0.3, -0.25) is 4.90 Å². The van der Waals surface area contributed by atoms with Gasteiger partial charge in [0.2, 0.25) is 0 Å². The first-order chi connectivity index (χ1) is 9.78. The minimum atomic E-state index is 0.961. The van der Waals surface area contributed by atoms with E-state index in [2.05, 4.69) is 53.2 Å². The molecule has 0 amide bonds. The molecule has 1 heterocycles. The molecule has 1 aliphatic heterocycles. The molecule has 1 aliphatic rings. The van der Waals surface area contributed by atoms with Gasteiger partial charge < -0.3 is 9.64 Å². The number of hydrogen-bond acceptors (Lipinski definition) is 3. The fourth-order valence-corrected chi connectivity index (χ4v) is 2.90. The Morgan fingerprint density at radius 1 is 0.950 bits per heavy atom. The molecule has 0 saturated carbocycles. The summed E-state index contributed by atoms with van der Waals surface area (Å²) in [6.07, 6.45) is 0. The van der Waals surface area contributed by atoms with Crippen molar-refractivity contribution in [3.63, 3.8) is 0 Å². The van der Waals surface area contributed by atoms with Crippen LogP contribution in [0.1, 0.15) is 5.56 Å². The van der Waals surface area contributed by atoms with E-state index in [9.17, 15) is 0 Å². The van der Waals surface area contributed by atoms with Crippen LogP contribution in [-0.4, -0.2) is 50.1 Å². The Hall–Kier alpha value is -1.58. The van der Waals surface area contributed by atoms with Crippen LogP contribution < -0.4 is 4.74 Å². The largest absolute Gasteiger partial charge is 0.496 e. The second kappa shape index (κ2) is 5.81. The second-order valence-electron chi connectivity index (χ2n) is 5.55. The van der Waals surface area contributed by atoms with E-state index in [1.807, 2.05) is 0 Å². The van der Waals surface area contributed by atoms with Gasteiger partial charge in [-0.05, 0) is 24.1 Å². The molecule has 3 rings (SSSR count). The van der Waals surface area contributed by atoms with E-state index >= 15 is 0 Å². The van der Waals surface area contributed by atoms with Gasteiger partial charge in [0.15, 0.2) is 0 Å². The summed E-state index contributed by atoms with van der Waals surface area (Å²) < 4.78 is 5.47. The van der Waals surface area contributed by atoms with Gasteiger partial charge in [0.05, 0.1) is 7.11 Å². The van der Waals surface area contributed by atoms with Crippen LogP contribution >= 0.6 is 0 Å². The molecule has 0 unspecified atom stereocenters. The van der Waals surface area contributed by atoms with Crippen molar-refractivity contribution in [3.8, 4) is 5.75 Å². The molecule has 20 heavy (non-hydrogen) atoms. The lowest BCUT2D eigenvalue weighted by Crippen LogP contribution is -2.43. The summed E-state index contributed by atoms with van der Waals surface area (Å²) in [4.78, 5) is 4.93. The van der Waals surface area contributed by atoms with Crippen molar-refractivity contribution in [2.24, 2.45) is 0 Å². The number of ether oxygens (including phenoxy) is 1. The van der Waals surface area contributed by atoms with E-state index in [-0.39, 0.29) is 0 Å². The Balaban J connectivity index is 1.88. The molecule has 0 radical (unpaired) electrons. The van der Waals surface area contributed by atoms with E-state index in [4.69, 9.17) is 4.74 Å². The number of nitrogens with zero attached hydrogens (tertiary/aromatic N) is 2. The highest BCUT2D eigenvalue weighted by Crippen LogP contribution is 2.29. The van der Waals surface area contributed by atoms with Gasteiger partial charge in [-0.15, -0.1) is 0 Å². The Bertz CT molecular complexity index is 589. The number of methoxy groups -OCH3 is 1. The molecule has 1 fully saturated rings. The third-order valence-electron chi connectivity index (χ3n) is 4.18. The van der Waals surface area contributed by atoms with Crippen LogP contribution in [0.15, 0.2) is 36.4 Å². The zero-order chi connectivity index (χ0) is 13.9. The minimum absolute atomic E-state index is 0.961. The Morgan fingerprint density at radius 2 is 1.65 bits per heavy atom. The monoisotopic (exact) mass is 270 g/mol. The van der Waals surface area contributed by atoms with Crippen molar-refractivity contribution >= 4 is 10.8 Å². The van der Waals surface area contributed by atoms with Gasteiger partial charge in [0, 0.05) is 38.1 Å². The summed E-state index contributed by atoms with van der Waals surface area (Å²) in [6.45, 7) is 5.65. The third-order valence-corrected chi connectivity index (χ3v) is 4.18. The van der Waals surface area contributed by atoms with Crippen LogP contribution in [0.4, 0.5) is 0 Å². The van der Waals surface area contributed by atoms with Crippen LogP contribution in [0.25, 0.3) is 10.8 Å². The Labute approximate surface area is 120 Å². The molecule has 0 N–H and O–H groups in total. The maximum Gasteiger partial charge on any atom is 0.126 e. The van der Waals surface area contributed by atoms with Crippen LogP contribution in [0, 0.1) is 0 Å². The van der Waals surface area contributed by atoms with Gasteiger partial charge in [0.25, 0.3) is 0 Å². The van der Waals surface area contributed by atoms with E-state index in [0.29, 0.717) is 0 Å². The van der Waals surface area contributed by atoms with Gasteiger partial charge in [0.1, 0.15) is 5.75 Å². The van der Waals surface area contributed by atoms with Gasteiger partial charge in [-0.2, -0.15) is 0 Å². The number of likely N-dealkylation sites (N-methyl/N-ethyl adjacent to an activating group) is 1. The summed E-state index contributed by atoms with van der Waals surface area (Å²) in [5, 5.41) is 2.52. The van der Waals surface area contributed by atoms with Crippen LogP contribution in [0.5, 0.6) is 5.75 Å². The van der Waals surface area contributed by atoms with E-state index in [1.54, 1.807) is 7.11 Å². The maximum atomic E-state index is 5.47. The number of hydrogen-bond donors (Lipinski definition) is 0. The standard InChI is InChI=1S/C17H22N2O/c1-18-9-11-19(12-10-18)13-14-7-8-17(20-2)16-6-4-3-5-15(14)16/h3-8H,9-13H2,1-2H3. The number of fused-ring (bicyclic) bond motifs is 1. The fraction of sp³-hybridized carbons (Fsp3) is 0.412. The number of benzene rings is 2. The van der Waals surface area contributed by atoms with E-state index < -0.39 is 0 Å². The zero-order valence-corrected chi connectivity index (χ0v) is 12.3. The quantitative estimate of drug-likeness (QED) is 0.852. The normalized spacial score (nSPS) is 17.5. The summed E-state index contributed by atoms with van der Waals surface area (Å²) in [6, 6.07) is 12.8. The summed E-state index contributed by atoms with van der Waals surface area (Å²) >= 11 is 0. The maximum absolute atomic E-state index is 5.47. The van der Waals surface area contributed by atoms with E-state index in [1.165, 1.54) is 16.3 Å². The molecule has 3 heteroatoms. The molecular formula is C17H22N2O. The first kappa shape index (κ1) is 13.4. The molecule has 0 bridgehead atoms. The number of piperazine rings is 1. The highest BCUT2D eigenvalue weighted by Gasteiger charge is 2.15. The molecule has 0 spiro atoms. The second-order valence-corrected chi connectivity index (χ2v) is 5.55. The molecule has 3 nitrogen and oxygen atoms in total. The average molecular weight is 270 g/mol. The molecule has 106 valence electrons. The first-order valence-electron chi connectivity index (χ1n) is 7.23. The topological polar surface area (TPSA) is 15.7 Å². The minimum Gasteiger partial charge on any atom is -0.496 e. The van der Waals surface area contributed by atoms with Crippen molar-refractivity contribution in [1.82, 2.24) is 9.80 Å². The van der Waals surface area contributed by atoms with Gasteiger partial charge in [-0.1, -0.05) is 30.3 Å². The average Bonchev–Trinajstić information content (AvgIpc) is 2.50. The Morgan fingerprint density at radius 3 is 2.35 bits per heavy atom. The lowest BCUT2D eigenvalue weighted by molar-refractivity contribution is 0.148. The molecule has 2 aromatic rings. The fourth-order valence-electron chi connectivity index (χ4n) is 2.90. The highest BCUT2D eigenvalue weighted by atomic mass is 16.5. The molecule has 1 saturated heterocycles.